The van der Waals surface area contributed by atoms with Gasteiger partial charge in [0.25, 0.3) is 0 Å². The quantitative estimate of drug-likeness (QED) is 0.0929. The Morgan fingerprint density at radius 3 is 1.59 bits per heavy atom. The van der Waals surface area contributed by atoms with Crippen molar-refractivity contribution in [3.05, 3.63) is 0 Å². The maximum atomic E-state index is 12.2. The lowest BCUT2D eigenvalue weighted by Crippen LogP contribution is -2.62. The van der Waals surface area contributed by atoms with Gasteiger partial charge in [0.05, 0.1) is 7.11 Å². The number of rotatable bonds is 20. The average Bonchev–Trinajstić information content (AvgIpc) is 3.03. The topological polar surface area (TPSA) is 134 Å². The SMILES string of the molecule is CN1CCC(OC(=O)CCCCCCCCC(=O)O)C(C)(C)C1(C)C.COC(=O)CCCCC(CCCC(=O)O)C1CCN(C)C(C)(C)C1(C)C. The number of hydrogen-bond acceptors (Lipinski definition) is 8. The van der Waals surface area contributed by atoms with E-state index in [-0.39, 0.29) is 52.8 Å². The minimum absolute atomic E-state index is 0.00779. The number of carbonyl (C=O) groups is 4. The molecule has 3 atom stereocenters. The molecule has 298 valence electrons. The predicted octanol–water partition coefficient (Wildman–Crippen LogP) is 8.59. The largest absolute Gasteiger partial charge is 0.481 e. The fourth-order valence-corrected chi connectivity index (χ4v) is 8.10. The second-order valence-corrected chi connectivity index (χ2v) is 17.4. The molecule has 0 radical (unpaired) electrons. The van der Waals surface area contributed by atoms with Crippen LogP contribution in [0.3, 0.4) is 0 Å². The monoisotopic (exact) mass is 725 g/mol. The number of aliphatic carboxylic acids is 2. The van der Waals surface area contributed by atoms with Crippen molar-refractivity contribution in [1.29, 1.82) is 0 Å². The number of esters is 2. The molecule has 2 rings (SSSR count). The highest BCUT2D eigenvalue weighted by molar-refractivity contribution is 5.69. The lowest BCUT2D eigenvalue weighted by molar-refractivity contribution is -0.171. The number of piperidine rings is 2. The lowest BCUT2D eigenvalue weighted by atomic mass is 9.57. The number of hydrogen-bond donors (Lipinski definition) is 2. The summed E-state index contributed by atoms with van der Waals surface area (Å²) < 4.78 is 10.6. The first-order valence-electron chi connectivity index (χ1n) is 19.7. The van der Waals surface area contributed by atoms with E-state index in [4.69, 9.17) is 19.7 Å². The van der Waals surface area contributed by atoms with E-state index in [9.17, 15) is 19.2 Å². The summed E-state index contributed by atoms with van der Waals surface area (Å²) in [6.45, 7) is 20.2. The van der Waals surface area contributed by atoms with Crippen LogP contribution in [-0.4, -0.2) is 95.4 Å². The summed E-state index contributed by atoms with van der Waals surface area (Å²) in [5.41, 5.74) is 0.162. The number of nitrogens with zero attached hydrogens (tertiary/aromatic N) is 2. The minimum atomic E-state index is -0.720. The molecule has 0 aromatic rings. The lowest BCUT2D eigenvalue weighted by Gasteiger charge is -2.58. The van der Waals surface area contributed by atoms with E-state index in [1.54, 1.807) is 0 Å². The standard InChI is InChI=1S/C21H39NO4.C20H37NO4/c1-20(2)17(14-15-22(5)21(20,3)4)16(11-9-12-18(23)24)10-7-8-13-19(25)26-6;1-19(2)16(14-15-21(5)20(19,3)4)25-18(24)13-11-9-7-6-8-10-12-17(22)23/h16-17H,7-15H2,1-6H3,(H,23,24);16H,6-15H2,1-5H3,(H,22,23). The van der Waals surface area contributed by atoms with E-state index in [0.717, 1.165) is 96.6 Å². The maximum absolute atomic E-state index is 12.2. The van der Waals surface area contributed by atoms with Gasteiger partial charge in [0.2, 0.25) is 0 Å². The zero-order valence-electron chi connectivity index (χ0n) is 34.4. The van der Waals surface area contributed by atoms with Crippen molar-refractivity contribution >= 4 is 23.9 Å². The van der Waals surface area contributed by atoms with E-state index in [1.807, 2.05) is 0 Å². The first kappa shape index (κ1) is 46.8. The van der Waals surface area contributed by atoms with Crippen LogP contribution in [0.5, 0.6) is 0 Å². The van der Waals surface area contributed by atoms with E-state index in [0.29, 0.717) is 24.7 Å². The number of unbranched alkanes of at least 4 members (excludes halogenated alkanes) is 6. The van der Waals surface area contributed by atoms with Crippen LogP contribution in [0.1, 0.15) is 165 Å². The van der Waals surface area contributed by atoms with Crippen LogP contribution in [0.2, 0.25) is 0 Å². The van der Waals surface area contributed by atoms with Gasteiger partial charge in [0.15, 0.2) is 0 Å². The van der Waals surface area contributed by atoms with Gasteiger partial charge in [-0.05, 0) is 111 Å². The van der Waals surface area contributed by atoms with Crippen molar-refractivity contribution in [3.8, 4) is 0 Å². The Hall–Kier alpha value is -2.20. The number of likely N-dealkylation sites (tertiary alicyclic amines) is 2. The Morgan fingerprint density at radius 1 is 0.608 bits per heavy atom. The summed E-state index contributed by atoms with van der Waals surface area (Å²) in [5.74, 6) is -0.576. The van der Waals surface area contributed by atoms with Gasteiger partial charge in [0, 0.05) is 48.7 Å². The Kier molecular flexibility index (Phi) is 19.7. The van der Waals surface area contributed by atoms with Crippen molar-refractivity contribution in [3.63, 3.8) is 0 Å². The molecular weight excluding hydrogens is 648 g/mol. The highest BCUT2D eigenvalue weighted by Gasteiger charge is 2.51. The van der Waals surface area contributed by atoms with Crippen LogP contribution in [0.25, 0.3) is 0 Å². The van der Waals surface area contributed by atoms with E-state index < -0.39 is 11.9 Å². The van der Waals surface area contributed by atoms with Crippen LogP contribution in [-0.2, 0) is 28.7 Å². The smallest absolute Gasteiger partial charge is 0.306 e. The van der Waals surface area contributed by atoms with Crippen LogP contribution in [0.4, 0.5) is 0 Å². The van der Waals surface area contributed by atoms with Crippen molar-refractivity contribution in [2.45, 2.75) is 182 Å². The Morgan fingerprint density at radius 2 is 1.04 bits per heavy atom. The molecule has 0 spiro atoms. The van der Waals surface area contributed by atoms with Crippen LogP contribution in [0, 0.1) is 22.7 Å². The molecule has 2 N–H and O–H groups in total. The molecule has 0 amide bonds. The molecule has 2 aliphatic rings. The zero-order chi connectivity index (χ0) is 39.0. The van der Waals surface area contributed by atoms with Crippen molar-refractivity contribution in [1.82, 2.24) is 9.80 Å². The van der Waals surface area contributed by atoms with Crippen LogP contribution < -0.4 is 0 Å². The summed E-state index contributed by atoms with van der Waals surface area (Å²) >= 11 is 0. The average molecular weight is 725 g/mol. The van der Waals surface area contributed by atoms with Gasteiger partial charge in [-0.2, -0.15) is 0 Å². The van der Waals surface area contributed by atoms with Gasteiger partial charge in [-0.1, -0.05) is 66.2 Å². The van der Waals surface area contributed by atoms with Gasteiger partial charge >= 0.3 is 23.9 Å². The molecular formula is C41H76N2O8. The van der Waals surface area contributed by atoms with Crippen molar-refractivity contribution in [2.24, 2.45) is 22.7 Å². The fraction of sp³-hybridized carbons (Fsp3) is 0.902. The number of carbonyl (C=O) groups excluding carboxylic acids is 2. The molecule has 2 fully saturated rings. The fourth-order valence-electron chi connectivity index (χ4n) is 8.10. The molecule has 2 aliphatic heterocycles. The maximum Gasteiger partial charge on any atom is 0.306 e. The van der Waals surface area contributed by atoms with E-state index >= 15 is 0 Å². The summed E-state index contributed by atoms with van der Waals surface area (Å²) in [6, 6.07) is 0. The first-order chi connectivity index (χ1) is 23.6. The third kappa shape index (κ3) is 14.3. The minimum Gasteiger partial charge on any atom is -0.481 e. The molecule has 0 aromatic carbocycles. The van der Waals surface area contributed by atoms with Crippen molar-refractivity contribution in [2.75, 3.05) is 34.3 Å². The van der Waals surface area contributed by atoms with Crippen LogP contribution >= 0.6 is 0 Å². The third-order valence-electron chi connectivity index (χ3n) is 13.6. The molecule has 51 heavy (non-hydrogen) atoms. The summed E-state index contributed by atoms with van der Waals surface area (Å²) in [5, 5.41) is 17.6. The second kappa shape index (κ2) is 21.5. The summed E-state index contributed by atoms with van der Waals surface area (Å²) in [7, 11) is 5.77. The molecule has 3 unspecified atom stereocenters. The number of carboxylic acid groups (broad SMARTS) is 2. The molecule has 0 aliphatic carbocycles. The van der Waals surface area contributed by atoms with Gasteiger partial charge in [-0.25, -0.2) is 0 Å². The van der Waals surface area contributed by atoms with Crippen molar-refractivity contribution < 1.29 is 38.9 Å². The van der Waals surface area contributed by atoms with Gasteiger partial charge in [-0.15, -0.1) is 0 Å². The first-order valence-corrected chi connectivity index (χ1v) is 19.7. The Labute approximate surface area is 310 Å². The highest BCUT2D eigenvalue weighted by Crippen LogP contribution is 2.51. The van der Waals surface area contributed by atoms with Gasteiger partial charge in [-0.3, -0.25) is 19.2 Å². The zero-order valence-corrected chi connectivity index (χ0v) is 34.4. The van der Waals surface area contributed by atoms with E-state index in [1.165, 1.54) is 7.11 Å². The number of methoxy groups -OCH3 is 1. The molecule has 10 heteroatoms. The van der Waals surface area contributed by atoms with Crippen LogP contribution in [0.15, 0.2) is 0 Å². The van der Waals surface area contributed by atoms with Gasteiger partial charge in [0.1, 0.15) is 6.10 Å². The normalized spacial score (nSPS) is 23.0. The number of ether oxygens (including phenoxy) is 2. The second-order valence-electron chi connectivity index (χ2n) is 17.4. The Bertz CT molecular complexity index is 1090. The molecule has 0 saturated carbocycles. The summed E-state index contributed by atoms with van der Waals surface area (Å²) in [6.07, 6.45) is 13.7. The Balaban J connectivity index is 0.000000510. The molecule has 2 heterocycles. The highest BCUT2D eigenvalue weighted by atomic mass is 16.5. The molecule has 10 nitrogen and oxygen atoms in total. The molecule has 2 saturated heterocycles. The molecule has 0 aromatic heterocycles. The number of carboxylic acids is 2. The predicted molar refractivity (Wildman–Crippen MR) is 204 cm³/mol. The summed E-state index contributed by atoms with van der Waals surface area (Å²) in [4.78, 5) is 49.7. The third-order valence-corrected chi connectivity index (χ3v) is 13.6. The molecule has 0 bridgehead atoms. The van der Waals surface area contributed by atoms with E-state index in [2.05, 4.69) is 79.3 Å². The van der Waals surface area contributed by atoms with Gasteiger partial charge < -0.3 is 29.5 Å².